The Kier molecular flexibility index (Phi) is 5.31. The third kappa shape index (κ3) is 3.62. The fourth-order valence-electron chi connectivity index (χ4n) is 6.49. The van der Waals surface area contributed by atoms with E-state index >= 15 is 4.39 Å². The van der Waals surface area contributed by atoms with Crippen LogP contribution in [0, 0.1) is 17.7 Å². The number of hydrogen-bond acceptors (Lipinski definition) is 4. The van der Waals surface area contributed by atoms with Crippen molar-refractivity contribution in [3.8, 4) is 0 Å². The number of rotatable bonds is 4. The van der Waals surface area contributed by atoms with E-state index in [2.05, 4.69) is 10.2 Å². The van der Waals surface area contributed by atoms with Gasteiger partial charge in [-0.15, -0.1) is 0 Å². The van der Waals surface area contributed by atoms with E-state index in [0.29, 0.717) is 17.9 Å². The van der Waals surface area contributed by atoms with E-state index in [1.807, 2.05) is 0 Å². The van der Waals surface area contributed by atoms with Crippen LogP contribution in [-0.4, -0.2) is 58.9 Å². The van der Waals surface area contributed by atoms with Crippen molar-refractivity contribution in [3.05, 3.63) is 24.0 Å². The van der Waals surface area contributed by atoms with Crippen LogP contribution < -0.4 is 10.2 Å². The molecule has 32 heavy (non-hydrogen) atoms. The lowest BCUT2D eigenvalue weighted by molar-refractivity contribution is -0.251. The molecular weight excluding hydrogens is 413 g/mol. The lowest BCUT2D eigenvalue weighted by Gasteiger charge is -2.63. The van der Waals surface area contributed by atoms with Gasteiger partial charge in [-0.2, -0.15) is 0 Å². The smallest absolute Gasteiger partial charge is 0.407 e. The van der Waals surface area contributed by atoms with Crippen LogP contribution in [0.25, 0.3) is 0 Å². The molecule has 1 aromatic carbocycles. The highest BCUT2D eigenvalue weighted by molar-refractivity contribution is 5.92. The molecule has 3 unspecified atom stereocenters. The van der Waals surface area contributed by atoms with Crippen LogP contribution in [0.15, 0.2) is 18.2 Å². The van der Waals surface area contributed by atoms with Gasteiger partial charge in [0.1, 0.15) is 5.82 Å². The van der Waals surface area contributed by atoms with Crippen LogP contribution in [0.5, 0.6) is 0 Å². The minimum atomic E-state index is -0.814. The number of carboxylic acid groups (broad SMARTS) is 1. The van der Waals surface area contributed by atoms with Crippen molar-refractivity contribution in [1.82, 2.24) is 4.90 Å². The third-order valence-electron chi connectivity index (χ3n) is 7.89. The molecule has 2 amide bonds. The van der Waals surface area contributed by atoms with Gasteiger partial charge in [0.15, 0.2) is 0 Å². The van der Waals surface area contributed by atoms with Gasteiger partial charge in [0.2, 0.25) is 5.91 Å². The average Bonchev–Trinajstić information content (AvgIpc) is 2.73. The van der Waals surface area contributed by atoms with Crippen molar-refractivity contribution in [2.24, 2.45) is 11.8 Å². The first kappa shape index (κ1) is 21.5. The highest BCUT2D eigenvalue weighted by Crippen LogP contribution is 2.53. The summed E-state index contributed by atoms with van der Waals surface area (Å²) in [6.07, 6.45) is 4.35. The van der Waals surface area contributed by atoms with Gasteiger partial charge in [0.05, 0.1) is 17.4 Å². The molecule has 8 heteroatoms. The molecule has 0 saturated carbocycles. The van der Waals surface area contributed by atoms with Crippen LogP contribution in [-0.2, 0) is 9.53 Å². The highest BCUT2D eigenvalue weighted by Gasteiger charge is 2.59. The number of carbonyl (C=O) groups is 2. The van der Waals surface area contributed by atoms with Crippen LogP contribution >= 0.6 is 0 Å². The number of halogens is 1. The Balaban J connectivity index is 1.32. The predicted molar refractivity (Wildman–Crippen MR) is 118 cm³/mol. The van der Waals surface area contributed by atoms with Crippen molar-refractivity contribution in [1.29, 1.82) is 0 Å². The van der Waals surface area contributed by atoms with E-state index < -0.39 is 6.09 Å². The number of carbonyl (C=O) groups excluding carboxylic acids is 1. The summed E-state index contributed by atoms with van der Waals surface area (Å²) in [5, 5.41) is 12.4. The molecule has 0 spiro atoms. The van der Waals surface area contributed by atoms with Crippen molar-refractivity contribution in [2.45, 2.75) is 76.2 Å². The van der Waals surface area contributed by atoms with E-state index in [-0.39, 0.29) is 47.3 Å². The number of hydrogen-bond donors (Lipinski definition) is 2. The summed E-state index contributed by atoms with van der Waals surface area (Å²) in [6.45, 7) is 5.08. The summed E-state index contributed by atoms with van der Waals surface area (Å²) in [5.41, 5.74) is 0.716. The van der Waals surface area contributed by atoms with Crippen LogP contribution in [0.3, 0.4) is 0 Å². The minimum absolute atomic E-state index is 0.0368. The molecule has 0 aromatic heterocycles. The summed E-state index contributed by atoms with van der Waals surface area (Å²) in [5.74, 6) is -0.391. The topological polar surface area (TPSA) is 82.1 Å². The Morgan fingerprint density at radius 3 is 2.59 bits per heavy atom. The molecule has 1 aromatic rings. The fraction of sp³-hybridized carbons (Fsp3) is 0.667. The molecule has 0 radical (unpaired) electrons. The monoisotopic (exact) mass is 445 g/mol. The number of ether oxygens (including phenoxy) is 1. The summed E-state index contributed by atoms with van der Waals surface area (Å²) in [4.78, 5) is 27.5. The van der Waals surface area contributed by atoms with Gasteiger partial charge < -0.3 is 25.0 Å². The summed E-state index contributed by atoms with van der Waals surface area (Å²) < 4.78 is 21.6. The molecule has 4 bridgehead atoms. The Morgan fingerprint density at radius 2 is 1.97 bits per heavy atom. The van der Waals surface area contributed by atoms with Gasteiger partial charge in [0.25, 0.3) is 0 Å². The van der Waals surface area contributed by atoms with Crippen LogP contribution in [0.2, 0.25) is 0 Å². The standard InChI is InChI=1S/C24H32FN3O4/c1-14(2)22(29)26-16-5-6-21(20(25)8-16)27-7-3-4-15(13-27)24-11-17-9-19(32-24)10-18(12-24)28(17)23(30)31/h5-6,8,14-15,17-19H,3-4,7,9-13H2,1-2H3,(H,26,29)(H,30,31). The largest absolute Gasteiger partial charge is 0.465 e. The number of amides is 2. The molecule has 0 aliphatic carbocycles. The van der Waals surface area contributed by atoms with Gasteiger partial charge in [-0.1, -0.05) is 13.8 Å². The maximum atomic E-state index is 15.0. The summed E-state index contributed by atoms with van der Waals surface area (Å²) in [6, 6.07) is 4.98. The van der Waals surface area contributed by atoms with Crippen molar-refractivity contribution in [3.63, 3.8) is 0 Å². The highest BCUT2D eigenvalue weighted by atomic mass is 19.1. The van der Waals surface area contributed by atoms with E-state index in [4.69, 9.17) is 4.74 Å². The second kappa shape index (κ2) is 7.90. The fourth-order valence-corrected chi connectivity index (χ4v) is 6.49. The molecular formula is C24H32FN3O4. The Hall–Kier alpha value is -2.35. The van der Waals surface area contributed by atoms with Gasteiger partial charge in [-0.3, -0.25) is 4.79 Å². The van der Waals surface area contributed by atoms with Gasteiger partial charge in [-0.25, -0.2) is 9.18 Å². The second-order valence-electron chi connectivity index (χ2n) is 10.3. The molecule has 5 aliphatic heterocycles. The molecule has 5 aliphatic rings. The molecule has 2 N–H and O–H groups in total. The average molecular weight is 446 g/mol. The normalized spacial score (nSPS) is 33.6. The molecule has 3 atom stereocenters. The lowest BCUT2D eigenvalue weighted by atomic mass is 9.64. The second-order valence-corrected chi connectivity index (χ2v) is 10.3. The van der Waals surface area contributed by atoms with E-state index in [1.54, 1.807) is 30.9 Å². The number of nitrogens with one attached hydrogen (secondary N) is 1. The third-order valence-corrected chi connectivity index (χ3v) is 7.89. The number of anilines is 2. The van der Waals surface area contributed by atoms with E-state index in [0.717, 1.165) is 45.1 Å². The quantitative estimate of drug-likeness (QED) is 0.730. The molecule has 5 heterocycles. The Bertz CT molecular complexity index is 907. The SMILES string of the molecule is CC(C)C(=O)Nc1ccc(N2CCCC(C34CC5CC(CC(C3)N5C(=O)O)O4)C2)c(F)c1. The zero-order chi connectivity index (χ0) is 22.6. The summed E-state index contributed by atoms with van der Waals surface area (Å²) in [7, 11) is 0. The zero-order valence-electron chi connectivity index (χ0n) is 18.7. The Labute approximate surface area is 187 Å². The zero-order valence-corrected chi connectivity index (χ0v) is 18.7. The van der Waals surface area contributed by atoms with E-state index in [1.165, 1.54) is 6.07 Å². The molecule has 5 saturated heterocycles. The summed E-state index contributed by atoms with van der Waals surface area (Å²) >= 11 is 0. The van der Waals surface area contributed by atoms with Gasteiger partial charge >= 0.3 is 6.09 Å². The minimum Gasteiger partial charge on any atom is -0.465 e. The van der Waals surface area contributed by atoms with Crippen LogP contribution in [0.4, 0.5) is 20.6 Å². The van der Waals surface area contributed by atoms with Gasteiger partial charge in [0, 0.05) is 42.7 Å². The number of benzene rings is 1. The lowest BCUT2D eigenvalue weighted by Crippen LogP contribution is -2.70. The maximum Gasteiger partial charge on any atom is 0.407 e. The first-order valence-corrected chi connectivity index (χ1v) is 11.8. The van der Waals surface area contributed by atoms with Crippen LogP contribution in [0.1, 0.15) is 52.4 Å². The Morgan fingerprint density at radius 1 is 1.25 bits per heavy atom. The van der Waals surface area contributed by atoms with Crippen molar-refractivity contribution >= 4 is 23.4 Å². The molecule has 174 valence electrons. The predicted octanol–water partition coefficient (Wildman–Crippen LogP) is 4.08. The first-order valence-electron chi connectivity index (χ1n) is 11.8. The maximum absolute atomic E-state index is 15.0. The number of nitrogens with zero attached hydrogens (tertiary/aromatic N) is 2. The van der Waals surface area contributed by atoms with Gasteiger partial charge in [-0.05, 0) is 56.7 Å². The van der Waals surface area contributed by atoms with E-state index in [9.17, 15) is 14.7 Å². The molecule has 7 nitrogen and oxygen atoms in total. The van der Waals surface area contributed by atoms with Crippen molar-refractivity contribution in [2.75, 3.05) is 23.3 Å². The molecule has 5 fully saturated rings. The first-order chi connectivity index (χ1) is 15.3. The van der Waals surface area contributed by atoms with Crippen molar-refractivity contribution < 1.29 is 23.8 Å². The number of piperidine rings is 3. The molecule has 6 rings (SSSR count).